The third-order valence-corrected chi connectivity index (χ3v) is 2.23. The summed E-state index contributed by atoms with van der Waals surface area (Å²) in [5.41, 5.74) is 0. The van der Waals surface area contributed by atoms with E-state index in [1.807, 2.05) is 13.8 Å². The van der Waals surface area contributed by atoms with Crippen LogP contribution in [0.25, 0.3) is 0 Å². The number of carbonyl (C=O) groups excluding carboxylic acids is 2. The molecule has 0 aliphatic heterocycles. The van der Waals surface area contributed by atoms with E-state index in [0.717, 1.165) is 4.90 Å². The molecule has 1 unspecified atom stereocenters. The smallest absolute Gasteiger partial charge is 0.328 e. The highest BCUT2D eigenvalue weighted by molar-refractivity contribution is 5.98. The number of carboxylic acids is 1. The molecule has 98 valence electrons. The van der Waals surface area contributed by atoms with Crippen molar-refractivity contribution in [1.82, 2.24) is 10.2 Å². The lowest BCUT2D eigenvalue weighted by Gasteiger charge is -2.26. The first-order chi connectivity index (χ1) is 7.81. The number of carbonyl (C=O) groups is 3. The lowest BCUT2D eigenvalue weighted by molar-refractivity contribution is -0.157. The molecule has 0 aromatic rings. The molecule has 0 fully saturated rings. The first kappa shape index (κ1) is 15.6. The summed E-state index contributed by atoms with van der Waals surface area (Å²) in [7, 11) is 0. The Kier molecular flexibility index (Phi) is 6.42. The summed E-state index contributed by atoms with van der Waals surface area (Å²) >= 11 is 0. The van der Waals surface area contributed by atoms with Gasteiger partial charge in [-0.25, -0.2) is 4.79 Å². The molecule has 0 bridgehead atoms. The fraction of sp³-hybridized carbons (Fsp3) is 0.727. The Morgan fingerprint density at radius 2 is 1.82 bits per heavy atom. The minimum Gasteiger partial charge on any atom is -0.480 e. The molecule has 0 heterocycles. The molecule has 0 saturated heterocycles. The van der Waals surface area contributed by atoms with Crippen molar-refractivity contribution in [3.8, 4) is 0 Å². The van der Waals surface area contributed by atoms with Crippen molar-refractivity contribution < 1.29 is 19.5 Å². The topological polar surface area (TPSA) is 86.7 Å². The Balaban J connectivity index is 4.90. The largest absolute Gasteiger partial charge is 0.480 e. The standard InChI is InChI=1S/C11H20N2O4/c1-5-10(15)13(8(4)14)9(11(16)17)6-12-7(2)3/h7,9,12H,5-6H2,1-4H3,(H,16,17). The van der Waals surface area contributed by atoms with Gasteiger partial charge in [-0.1, -0.05) is 20.8 Å². The van der Waals surface area contributed by atoms with E-state index < -0.39 is 23.8 Å². The second-order valence-electron chi connectivity index (χ2n) is 4.05. The Morgan fingerprint density at radius 3 is 2.12 bits per heavy atom. The van der Waals surface area contributed by atoms with E-state index in [9.17, 15) is 14.4 Å². The molecule has 0 aliphatic carbocycles. The number of nitrogens with zero attached hydrogens (tertiary/aromatic N) is 1. The van der Waals surface area contributed by atoms with Crippen LogP contribution in [0.4, 0.5) is 0 Å². The molecule has 1 atom stereocenters. The number of hydrogen-bond acceptors (Lipinski definition) is 4. The fourth-order valence-corrected chi connectivity index (χ4v) is 1.38. The monoisotopic (exact) mass is 244 g/mol. The van der Waals surface area contributed by atoms with Crippen molar-refractivity contribution in [3.63, 3.8) is 0 Å². The second kappa shape index (κ2) is 7.01. The van der Waals surface area contributed by atoms with Gasteiger partial charge in [0.25, 0.3) is 0 Å². The maximum Gasteiger partial charge on any atom is 0.328 e. The number of amides is 2. The van der Waals surface area contributed by atoms with Crippen molar-refractivity contribution in [1.29, 1.82) is 0 Å². The normalized spacial score (nSPS) is 12.3. The molecule has 0 rings (SSSR count). The van der Waals surface area contributed by atoms with Crippen LogP contribution in [-0.4, -0.2) is 46.4 Å². The van der Waals surface area contributed by atoms with E-state index >= 15 is 0 Å². The zero-order chi connectivity index (χ0) is 13.6. The van der Waals surface area contributed by atoms with Crippen LogP contribution in [0.1, 0.15) is 34.1 Å². The SMILES string of the molecule is CCC(=O)N(C(C)=O)C(CNC(C)C)C(=O)O. The minimum absolute atomic E-state index is 0.0539. The second-order valence-corrected chi connectivity index (χ2v) is 4.05. The molecule has 0 radical (unpaired) electrons. The van der Waals surface area contributed by atoms with E-state index in [2.05, 4.69) is 5.32 Å². The number of nitrogens with one attached hydrogen (secondary N) is 1. The van der Waals surface area contributed by atoms with Gasteiger partial charge in [-0.15, -0.1) is 0 Å². The van der Waals surface area contributed by atoms with Crippen molar-refractivity contribution in [2.24, 2.45) is 0 Å². The summed E-state index contributed by atoms with van der Waals surface area (Å²) in [5, 5.41) is 12.0. The highest BCUT2D eigenvalue weighted by Crippen LogP contribution is 2.04. The van der Waals surface area contributed by atoms with Crippen LogP contribution in [0, 0.1) is 0 Å². The number of carboxylic acid groups (broad SMARTS) is 1. The molecule has 2 N–H and O–H groups in total. The Morgan fingerprint density at radius 1 is 1.29 bits per heavy atom. The van der Waals surface area contributed by atoms with Crippen LogP contribution in [-0.2, 0) is 14.4 Å². The predicted molar refractivity (Wildman–Crippen MR) is 62.4 cm³/mol. The van der Waals surface area contributed by atoms with Gasteiger partial charge in [-0.2, -0.15) is 0 Å². The highest BCUT2D eigenvalue weighted by atomic mass is 16.4. The van der Waals surface area contributed by atoms with Crippen LogP contribution in [0.3, 0.4) is 0 Å². The van der Waals surface area contributed by atoms with Crippen molar-refractivity contribution >= 4 is 17.8 Å². The molecular weight excluding hydrogens is 224 g/mol. The number of rotatable bonds is 6. The predicted octanol–water partition coefficient (Wildman–Crippen LogP) is 0.223. The van der Waals surface area contributed by atoms with E-state index in [4.69, 9.17) is 5.11 Å². The number of imide groups is 1. The minimum atomic E-state index is -1.19. The molecule has 0 saturated carbocycles. The molecule has 0 aromatic carbocycles. The third kappa shape index (κ3) is 4.95. The molecular formula is C11H20N2O4. The summed E-state index contributed by atoms with van der Waals surface area (Å²) < 4.78 is 0. The lowest BCUT2D eigenvalue weighted by atomic mass is 10.2. The van der Waals surface area contributed by atoms with Gasteiger partial charge in [0.1, 0.15) is 6.04 Å². The van der Waals surface area contributed by atoms with Crippen molar-refractivity contribution in [2.45, 2.75) is 46.2 Å². The van der Waals surface area contributed by atoms with E-state index in [0.29, 0.717) is 0 Å². The zero-order valence-electron chi connectivity index (χ0n) is 10.7. The van der Waals surface area contributed by atoms with Gasteiger partial charge in [0.15, 0.2) is 0 Å². The molecule has 0 aromatic heterocycles. The first-order valence-electron chi connectivity index (χ1n) is 5.60. The van der Waals surface area contributed by atoms with Gasteiger partial charge >= 0.3 is 5.97 Å². The molecule has 6 heteroatoms. The summed E-state index contributed by atoms with van der Waals surface area (Å²) in [6, 6.07) is -1.07. The summed E-state index contributed by atoms with van der Waals surface area (Å²) in [5.74, 6) is -2.21. The van der Waals surface area contributed by atoms with Crippen molar-refractivity contribution in [2.75, 3.05) is 6.54 Å². The van der Waals surface area contributed by atoms with Crippen LogP contribution < -0.4 is 5.32 Å². The van der Waals surface area contributed by atoms with Gasteiger partial charge in [0.05, 0.1) is 0 Å². The van der Waals surface area contributed by atoms with Crippen LogP contribution in [0.2, 0.25) is 0 Å². The van der Waals surface area contributed by atoms with Crippen molar-refractivity contribution in [3.05, 3.63) is 0 Å². The zero-order valence-corrected chi connectivity index (χ0v) is 10.7. The quantitative estimate of drug-likeness (QED) is 0.698. The fourth-order valence-electron chi connectivity index (χ4n) is 1.38. The summed E-state index contributed by atoms with van der Waals surface area (Å²) in [4.78, 5) is 34.8. The Hall–Kier alpha value is -1.43. The van der Waals surface area contributed by atoms with E-state index in [1.54, 1.807) is 6.92 Å². The van der Waals surface area contributed by atoms with E-state index in [-0.39, 0.29) is 19.0 Å². The Bertz CT molecular complexity index is 302. The Labute approximate surface area is 101 Å². The van der Waals surface area contributed by atoms with Gasteiger partial charge in [0, 0.05) is 25.9 Å². The molecule has 2 amide bonds. The lowest BCUT2D eigenvalue weighted by Crippen LogP contribution is -2.53. The average molecular weight is 244 g/mol. The van der Waals surface area contributed by atoms with Gasteiger partial charge in [-0.3, -0.25) is 14.5 Å². The molecule has 0 spiro atoms. The van der Waals surface area contributed by atoms with E-state index in [1.165, 1.54) is 6.92 Å². The number of aliphatic carboxylic acids is 1. The van der Waals surface area contributed by atoms with Crippen LogP contribution in [0.15, 0.2) is 0 Å². The molecule has 17 heavy (non-hydrogen) atoms. The molecule has 0 aliphatic rings. The van der Waals surface area contributed by atoms with Gasteiger partial charge in [-0.05, 0) is 0 Å². The third-order valence-electron chi connectivity index (χ3n) is 2.23. The maximum atomic E-state index is 11.6. The van der Waals surface area contributed by atoms with Gasteiger partial charge < -0.3 is 10.4 Å². The maximum absolute atomic E-state index is 11.6. The summed E-state index contributed by atoms with van der Waals surface area (Å²) in [6.45, 7) is 6.56. The number of hydrogen-bond donors (Lipinski definition) is 2. The molecule has 6 nitrogen and oxygen atoms in total. The van der Waals surface area contributed by atoms with Crippen LogP contribution in [0.5, 0.6) is 0 Å². The average Bonchev–Trinajstić information content (AvgIpc) is 2.21. The first-order valence-corrected chi connectivity index (χ1v) is 5.60. The highest BCUT2D eigenvalue weighted by Gasteiger charge is 2.31. The van der Waals surface area contributed by atoms with Gasteiger partial charge in [0.2, 0.25) is 11.8 Å². The summed E-state index contributed by atoms with van der Waals surface area (Å²) in [6.07, 6.45) is 0.102. The van der Waals surface area contributed by atoms with Crippen LogP contribution >= 0.6 is 0 Å².